The topological polar surface area (TPSA) is 20.2 Å². The fourth-order valence-electron chi connectivity index (χ4n) is 2.96. The van der Waals surface area contributed by atoms with E-state index in [4.69, 9.17) is 12.2 Å². The van der Waals surface area contributed by atoms with E-state index in [0.717, 1.165) is 30.5 Å². The second-order valence-electron chi connectivity index (χ2n) is 5.96. The average Bonchev–Trinajstić information content (AvgIpc) is 2.75. The van der Waals surface area contributed by atoms with Gasteiger partial charge in [-0.1, -0.05) is 13.8 Å². The molecule has 1 aliphatic heterocycles. The van der Waals surface area contributed by atoms with Crippen LogP contribution in [-0.2, 0) is 7.05 Å². The monoisotopic (exact) mass is 293 g/mol. The third-order valence-corrected chi connectivity index (χ3v) is 4.66. The standard InChI is InChI=1S/C16H27N3S/c1-4-10-17-16(20)19-12-9-13(2)7-8-15(19)14-6-5-11-18(14)3/h5-6,11,13,15H,4,7-10,12H2,1-3H3,(H,17,20)/t13-,15+/m0/s1. The number of aromatic nitrogens is 1. The second-order valence-corrected chi connectivity index (χ2v) is 6.34. The van der Waals surface area contributed by atoms with E-state index in [9.17, 15) is 0 Å². The zero-order chi connectivity index (χ0) is 14.5. The molecule has 2 atom stereocenters. The minimum Gasteiger partial charge on any atom is -0.363 e. The van der Waals surface area contributed by atoms with E-state index in [0.29, 0.717) is 6.04 Å². The first-order chi connectivity index (χ1) is 9.63. The number of hydrogen-bond acceptors (Lipinski definition) is 1. The summed E-state index contributed by atoms with van der Waals surface area (Å²) in [4.78, 5) is 2.41. The third-order valence-electron chi connectivity index (χ3n) is 4.28. The van der Waals surface area contributed by atoms with Crippen LogP contribution in [0.2, 0.25) is 0 Å². The lowest BCUT2D eigenvalue weighted by atomic mass is 10.0. The number of rotatable bonds is 3. The molecule has 2 rings (SSSR count). The highest BCUT2D eigenvalue weighted by Gasteiger charge is 2.27. The van der Waals surface area contributed by atoms with E-state index in [-0.39, 0.29) is 0 Å². The zero-order valence-electron chi connectivity index (χ0n) is 12.9. The van der Waals surface area contributed by atoms with E-state index in [1.165, 1.54) is 25.0 Å². The molecule has 20 heavy (non-hydrogen) atoms. The van der Waals surface area contributed by atoms with Gasteiger partial charge in [0.15, 0.2) is 5.11 Å². The van der Waals surface area contributed by atoms with Gasteiger partial charge in [-0.05, 0) is 56.0 Å². The molecule has 0 saturated carbocycles. The molecule has 0 bridgehead atoms. The summed E-state index contributed by atoms with van der Waals surface area (Å²) in [6, 6.07) is 4.78. The quantitative estimate of drug-likeness (QED) is 0.862. The molecule has 2 heterocycles. The van der Waals surface area contributed by atoms with Crippen molar-refractivity contribution in [3.05, 3.63) is 24.0 Å². The van der Waals surface area contributed by atoms with Gasteiger partial charge < -0.3 is 14.8 Å². The summed E-state index contributed by atoms with van der Waals surface area (Å²) >= 11 is 5.64. The lowest BCUT2D eigenvalue weighted by molar-refractivity contribution is 0.306. The Balaban J connectivity index is 2.19. The lowest BCUT2D eigenvalue weighted by Crippen LogP contribution is -2.42. The van der Waals surface area contributed by atoms with Crippen molar-refractivity contribution in [1.82, 2.24) is 14.8 Å². The molecule has 1 saturated heterocycles. The van der Waals surface area contributed by atoms with Crippen LogP contribution in [0.3, 0.4) is 0 Å². The lowest BCUT2D eigenvalue weighted by Gasteiger charge is -2.33. The first kappa shape index (κ1) is 15.4. The summed E-state index contributed by atoms with van der Waals surface area (Å²) in [5, 5.41) is 4.33. The van der Waals surface area contributed by atoms with E-state index < -0.39 is 0 Å². The average molecular weight is 293 g/mol. The van der Waals surface area contributed by atoms with E-state index in [2.05, 4.69) is 54.0 Å². The first-order valence-electron chi connectivity index (χ1n) is 7.79. The van der Waals surface area contributed by atoms with Crippen LogP contribution in [0.25, 0.3) is 0 Å². The Bertz CT molecular complexity index is 441. The van der Waals surface area contributed by atoms with Gasteiger partial charge in [0.05, 0.1) is 6.04 Å². The number of hydrogen-bond donors (Lipinski definition) is 1. The zero-order valence-corrected chi connectivity index (χ0v) is 13.7. The van der Waals surface area contributed by atoms with Crippen molar-refractivity contribution < 1.29 is 0 Å². The number of likely N-dealkylation sites (tertiary alicyclic amines) is 1. The van der Waals surface area contributed by atoms with Gasteiger partial charge in [0.1, 0.15) is 0 Å². The maximum atomic E-state index is 5.64. The van der Waals surface area contributed by atoms with Crippen LogP contribution >= 0.6 is 12.2 Å². The molecular formula is C16H27N3S. The molecule has 3 nitrogen and oxygen atoms in total. The Labute approximate surface area is 128 Å². The molecule has 1 N–H and O–H groups in total. The fourth-order valence-corrected chi connectivity index (χ4v) is 3.28. The number of aryl methyl sites for hydroxylation is 1. The molecule has 0 spiro atoms. The SMILES string of the molecule is CCCNC(=S)N1CC[C@@H](C)CC[C@@H]1c1cccn1C. The van der Waals surface area contributed by atoms with Gasteiger partial charge in [-0.25, -0.2) is 0 Å². The smallest absolute Gasteiger partial charge is 0.169 e. The Morgan fingerprint density at radius 3 is 2.85 bits per heavy atom. The van der Waals surface area contributed by atoms with Gasteiger partial charge in [0, 0.05) is 32.0 Å². The molecule has 0 amide bonds. The summed E-state index contributed by atoms with van der Waals surface area (Å²) in [5.41, 5.74) is 1.37. The molecule has 1 aromatic heterocycles. The van der Waals surface area contributed by atoms with Crippen LogP contribution in [-0.4, -0.2) is 27.7 Å². The predicted octanol–water partition coefficient (Wildman–Crippen LogP) is 3.47. The summed E-state index contributed by atoms with van der Waals surface area (Å²) in [7, 11) is 2.13. The van der Waals surface area contributed by atoms with Crippen LogP contribution in [0.4, 0.5) is 0 Å². The van der Waals surface area contributed by atoms with E-state index in [1.54, 1.807) is 0 Å². The minimum absolute atomic E-state index is 0.414. The van der Waals surface area contributed by atoms with Crippen molar-refractivity contribution in [3.8, 4) is 0 Å². The van der Waals surface area contributed by atoms with Gasteiger partial charge in [-0.3, -0.25) is 0 Å². The largest absolute Gasteiger partial charge is 0.363 e. The van der Waals surface area contributed by atoms with Crippen LogP contribution in [0.5, 0.6) is 0 Å². The highest BCUT2D eigenvalue weighted by atomic mass is 32.1. The Morgan fingerprint density at radius 1 is 1.40 bits per heavy atom. The summed E-state index contributed by atoms with van der Waals surface area (Å²) in [6.07, 6.45) is 6.94. The third kappa shape index (κ3) is 3.54. The van der Waals surface area contributed by atoms with Crippen LogP contribution in [0.15, 0.2) is 18.3 Å². The number of thiocarbonyl (C=S) groups is 1. The molecule has 0 radical (unpaired) electrons. The van der Waals surface area contributed by atoms with Gasteiger partial charge in [-0.2, -0.15) is 0 Å². The normalized spacial score (nSPS) is 23.4. The second kappa shape index (κ2) is 7.11. The molecule has 112 valence electrons. The van der Waals surface area contributed by atoms with Crippen molar-refractivity contribution in [2.24, 2.45) is 13.0 Å². The molecule has 1 aromatic rings. The molecule has 0 aliphatic carbocycles. The molecule has 0 unspecified atom stereocenters. The van der Waals surface area contributed by atoms with Gasteiger partial charge in [0.2, 0.25) is 0 Å². The summed E-state index contributed by atoms with van der Waals surface area (Å²) in [6.45, 7) is 6.56. The van der Waals surface area contributed by atoms with Crippen LogP contribution in [0, 0.1) is 5.92 Å². The van der Waals surface area contributed by atoms with Crippen molar-refractivity contribution in [2.75, 3.05) is 13.1 Å². The maximum absolute atomic E-state index is 5.64. The fraction of sp³-hybridized carbons (Fsp3) is 0.688. The molecule has 0 aromatic carbocycles. The van der Waals surface area contributed by atoms with Crippen LogP contribution in [0.1, 0.15) is 51.3 Å². The highest BCUT2D eigenvalue weighted by molar-refractivity contribution is 7.80. The minimum atomic E-state index is 0.414. The van der Waals surface area contributed by atoms with Crippen molar-refractivity contribution >= 4 is 17.3 Å². The van der Waals surface area contributed by atoms with E-state index >= 15 is 0 Å². The molecule has 4 heteroatoms. The van der Waals surface area contributed by atoms with Crippen molar-refractivity contribution in [2.45, 2.75) is 45.6 Å². The van der Waals surface area contributed by atoms with Gasteiger partial charge in [-0.15, -0.1) is 0 Å². The molecular weight excluding hydrogens is 266 g/mol. The van der Waals surface area contributed by atoms with Crippen molar-refractivity contribution in [3.63, 3.8) is 0 Å². The Morgan fingerprint density at radius 2 is 2.20 bits per heavy atom. The molecule has 1 fully saturated rings. The number of nitrogens with zero attached hydrogens (tertiary/aromatic N) is 2. The Kier molecular flexibility index (Phi) is 5.46. The predicted molar refractivity (Wildman–Crippen MR) is 88.8 cm³/mol. The summed E-state index contributed by atoms with van der Waals surface area (Å²) < 4.78 is 2.23. The van der Waals surface area contributed by atoms with Crippen molar-refractivity contribution in [1.29, 1.82) is 0 Å². The summed E-state index contributed by atoms with van der Waals surface area (Å²) in [5.74, 6) is 0.789. The van der Waals surface area contributed by atoms with Gasteiger partial charge >= 0.3 is 0 Å². The van der Waals surface area contributed by atoms with Crippen LogP contribution < -0.4 is 5.32 Å². The van der Waals surface area contributed by atoms with Gasteiger partial charge in [0.25, 0.3) is 0 Å². The maximum Gasteiger partial charge on any atom is 0.169 e. The Hall–Kier alpha value is -1.03. The first-order valence-corrected chi connectivity index (χ1v) is 8.20. The highest BCUT2D eigenvalue weighted by Crippen LogP contribution is 2.32. The van der Waals surface area contributed by atoms with E-state index in [1.807, 2.05) is 0 Å². The number of nitrogens with one attached hydrogen (secondary N) is 1. The molecule has 1 aliphatic rings.